The van der Waals surface area contributed by atoms with Crippen LogP contribution in [0, 0.1) is 6.92 Å². The molecule has 0 saturated carbocycles. The zero-order valence-corrected chi connectivity index (χ0v) is 16.2. The molecule has 2 N–H and O–H groups in total. The Morgan fingerprint density at radius 2 is 1.70 bits per heavy atom. The molecule has 1 aliphatic heterocycles. The number of hydrogen-bond acceptors (Lipinski definition) is 3. The van der Waals surface area contributed by atoms with Crippen LogP contribution in [0.25, 0.3) is 0 Å². The predicted octanol–water partition coefficient (Wildman–Crippen LogP) is 3.64. The fraction of sp³-hybridized carbons (Fsp3) is 0.409. The Balaban J connectivity index is 1.56. The number of aryl methyl sites for hydroxylation is 1. The van der Waals surface area contributed by atoms with Crippen LogP contribution in [0.5, 0.6) is 5.75 Å². The minimum atomic E-state index is -0.131. The van der Waals surface area contributed by atoms with Crippen LogP contribution in [0.1, 0.15) is 35.6 Å². The van der Waals surface area contributed by atoms with Gasteiger partial charge < -0.3 is 15.4 Å². The van der Waals surface area contributed by atoms with Gasteiger partial charge in [-0.15, -0.1) is 0 Å². The van der Waals surface area contributed by atoms with E-state index in [-0.39, 0.29) is 12.1 Å². The Bertz CT molecular complexity index is 722. The second-order valence-electron chi connectivity index (χ2n) is 7.08. The number of rotatable bonds is 7. The maximum absolute atomic E-state index is 12.3. The normalized spacial score (nSPS) is 15.3. The lowest BCUT2D eigenvalue weighted by Crippen LogP contribution is -2.41. The molecule has 0 bridgehead atoms. The lowest BCUT2D eigenvalue weighted by Gasteiger charge is -2.28. The number of amides is 2. The van der Waals surface area contributed by atoms with Crippen molar-refractivity contribution < 1.29 is 9.53 Å². The summed E-state index contributed by atoms with van der Waals surface area (Å²) in [6, 6.07) is 16.4. The first-order chi connectivity index (χ1) is 13.2. The molecular weight excluding hydrogens is 338 g/mol. The molecule has 1 heterocycles. The fourth-order valence-electron chi connectivity index (χ4n) is 3.48. The van der Waals surface area contributed by atoms with Crippen molar-refractivity contribution in [1.29, 1.82) is 0 Å². The van der Waals surface area contributed by atoms with Crippen LogP contribution in [0.2, 0.25) is 0 Å². The van der Waals surface area contributed by atoms with Gasteiger partial charge in [0.2, 0.25) is 0 Å². The summed E-state index contributed by atoms with van der Waals surface area (Å²) in [6.07, 6.45) is 2.43. The quantitative estimate of drug-likeness (QED) is 0.786. The maximum Gasteiger partial charge on any atom is 0.315 e. The van der Waals surface area contributed by atoms with E-state index in [1.165, 1.54) is 24.0 Å². The lowest BCUT2D eigenvalue weighted by molar-refractivity contribution is 0.220. The third-order valence-corrected chi connectivity index (χ3v) is 5.11. The van der Waals surface area contributed by atoms with E-state index in [0.717, 1.165) is 24.4 Å². The van der Waals surface area contributed by atoms with Gasteiger partial charge in [-0.3, -0.25) is 4.90 Å². The molecule has 0 spiro atoms. The third kappa shape index (κ3) is 5.47. The van der Waals surface area contributed by atoms with Crippen LogP contribution < -0.4 is 15.4 Å². The standard InChI is InChI=1S/C22H29N3O2/c1-17-5-7-18(8-6-17)15-23-22(26)24-16-21(25-13-3-4-14-25)19-9-11-20(27-2)12-10-19/h5-12,21H,3-4,13-16H2,1-2H3,(H2,23,24,26). The van der Waals surface area contributed by atoms with Crippen molar-refractivity contribution in [3.8, 4) is 5.75 Å². The highest BCUT2D eigenvalue weighted by atomic mass is 16.5. The number of ether oxygens (including phenoxy) is 1. The molecule has 1 aliphatic rings. The summed E-state index contributed by atoms with van der Waals surface area (Å²) in [5.41, 5.74) is 3.52. The summed E-state index contributed by atoms with van der Waals surface area (Å²) < 4.78 is 5.26. The largest absolute Gasteiger partial charge is 0.497 e. The Morgan fingerprint density at radius 1 is 1.04 bits per heavy atom. The highest BCUT2D eigenvalue weighted by Gasteiger charge is 2.24. The smallest absolute Gasteiger partial charge is 0.315 e. The van der Waals surface area contributed by atoms with Crippen LogP contribution in [0.3, 0.4) is 0 Å². The Labute approximate surface area is 161 Å². The number of nitrogens with zero attached hydrogens (tertiary/aromatic N) is 1. The zero-order chi connectivity index (χ0) is 19.1. The average Bonchev–Trinajstić information content (AvgIpc) is 3.23. The number of urea groups is 1. The molecule has 5 nitrogen and oxygen atoms in total. The molecule has 2 aromatic rings. The second kappa shape index (κ2) is 9.42. The topological polar surface area (TPSA) is 53.6 Å². The van der Waals surface area contributed by atoms with Gasteiger partial charge in [0.1, 0.15) is 5.75 Å². The van der Waals surface area contributed by atoms with Crippen molar-refractivity contribution in [1.82, 2.24) is 15.5 Å². The number of carbonyl (C=O) groups excluding carboxylic acids is 1. The first kappa shape index (κ1) is 19.2. The van der Waals surface area contributed by atoms with E-state index in [0.29, 0.717) is 13.1 Å². The van der Waals surface area contributed by atoms with Crippen LogP contribution in [0.15, 0.2) is 48.5 Å². The molecule has 0 aromatic heterocycles. The molecule has 1 saturated heterocycles. The molecule has 1 atom stereocenters. The van der Waals surface area contributed by atoms with Gasteiger partial charge in [-0.05, 0) is 56.1 Å². The molecule has 144 valence electrons. The van der Waals surface area contributed by atoms with Gasteiger partial charge >= 0.3 is 6.03 Å². The van der Waals surface area contributed by atoms with Crippen molar-refractivity contribution in [3.05, 3.63) is 65.2 Å². The number of likely N-dealkylation sites (tertiary alicyclic amines) is 1. The first-order valence-corrected chi connectivity index (χ1v) is 9.61. The molecule has 2 aromatic carbocycles. The monoisotopic (exact) mass is 367 g/mol. The Hall–Kier alpha value is -2.53. The summed E-state index contributed by atoms with van der Waals surface area (Å²) in [5, 5.41) is 5.99. The number of benzene rings is 2. The Morgan fingerprint density at radius 3 is 2.33 bits per heavy atom. The summed E-state index contributed by atoms with van der Waals surface area (Å²) in [6.45, 7) is 5.32. The minimum Gasteiger partial charge on any atom is -0.497 e. The van der Waals surface area contributed by atoms with E-state index in [1.54, 1.807) is 7.11 Å². The maximum atomic E-state index is 12.3. The highest BCUT2D eigenvalue weighted by Crippen LogP contribution is 2.26. The van der Waals surface area contributed by atoms with Gasteiger partial charge in [-0.25, -0.2) is 4.79 Å². The molecule has 2 amide bonds. The summed E-state index contributed by atoms with van der Waals surface area (Å²) in [7, 11) is 1.67. The van der Waals surface area contributed by atoms with Crippen molar-refractivity contribution in [2.24, 2.45) is 0 Å². The van der Waals surface area contributed by atoms with Crippen LogP contribution >= 0.6 is 0 Å². The first-order valence-electron chi connectivity index (χ1n) is 9.61. The van der Waals surface area contributed by atoms with Gasteiger partial charge in [0.25, 0.3) is 0 Å². The van der Waals surface area contributed by atoms with Crippen LogP contribution in [-0.4, -0.2) is 37.7 Å². The number of nitrogens with one attached hydrogen (secondary N) is 2. The van der Waals surface area contributed by atoms with E-state index in [4.69, 9.17) is 4.74 Å². The number of hydrogen-bond donors (Lipinski definition) is 2. The molecule has 3 rings (SSSR count). The number of carbonyl (C=O) groups is 1. The molecule has 0 radical (unpaired) electrons. The Kier molecular flexibility index (Phi) is 6.71. The van der Waals surface area contributed by atoms with E-state index in [9.17, 15) is 4.79 Å². The fourth-order valence-corrected chi connectivity index (χ4v) is 3.48. The third-order valence-electron chi connectivity index (χ3n) is 5.11. The molecule has 5 heteroatoms. The van der Waals surface area contributed by atoms with E-state index >= 15 is 0 Å². The van der Waals surface area contributed by atoms with Gasteiger partial charge in [-0.1, -0.05) is 42.0 Å². The van der Waals surface area contributed by atoms with E-state index < -0.39 is 0 Å². The molecule has 1 unspecified atom stereocenters. The SMILES string of the molecule is COc1ccc(C(CNC(=O)NCc2ccc(C)cc2)N2CCCC2)cc1. The van der Waals surface area contributed by atoms with Crippen molar-refractivity contribution in [2.75, 3.05) is 26.7 Å². The van der Waals surface area contributed by atoms with Crippen LogP contribution in [0.4, 0.5) is 4.79 Å². The average molecular weight is 367 g/mol. The van der Waals surface area contributed by atoms with Crippen molar-refractivity contribution >= 4 is 6.03 Å². The summed E-state index contributed by atoms with van der Waals surface area (Å²) in [5.74, 6) is 0.850. The van der Waals surface area contributed by atoms with Gasteiger partial charge in [0.05, 0.1) is 13.2 Å². The number of methoxy groups -OCH3 is 1. The van der Waals surface area contributed by atoms with E-state index in [1.807, 2.05) is 24.3 Å². The van der Waals surface area contributed by atoms with E-state index in [2.05, 4.69) is 46.7 Å². The molecule has 1 fully saturated rings. The summed E-state index contributed by atoms with van der Waals surface area (Å²) in [4.78, 5) is 14.7. The minimum absolute atomic E-state index is 0.131. The predicted molar refractivity (Wildman–Crippen MR) is 108 cm³/mol. The van der Waals surface area contributed by atoms with Gasteiger partial charge in [0.15, 0.2) is 0 Å². The zero-order valence-electron chi connectivity index (χ0n) is 16.2. The van der Waals surface area contributed by atoms with Crippen LogP contribution in [-0.2, 0) is 6.54 Å². The lowest BCUT2D eigenvalue weighted by atomic mass is 10.1. The van der Waals surface area contributed by atoms with Gasteiger partial charge in [0, 0.05) is 13.1 Å². The van der Waals surface area contributed by atoms with Gasteiger partial charge in [-0.2, -0.15) is 0 Å². The molecular formula is C22H29N3O2. The molecule has 0 aliphatic carbocycles. The van der Waals surface area contributed by atoms with Crippen molar-refractivity contribution in [3.63, 3.8) is 0 Å². The summed E-state index contributed by atoms with van der Waals surface area (Å²) >= 11 is 0. The van der Waals surface area contributed by atoms with Crippen molar-refractivity contribution in [2.45, 2.75) is 32.4 Å². The highest BCUT2D eigenvalue weighted by molar-refractivity contribution is 5.73. The second-order valence-corrected chi connectivity index (χ2v) is 7.08. The molecule has 27 heavy (non-hydrogen) atoms.